The highest BCUT2D eigenvalue weighted by atomic mass is 15.3. The third kappa shape index (κ3) is 2.75. The molecule has 0 spiro atoms. The molecular formula is C21H27N7. The summed E-state index contributed by atoms with van der Waals surface area (Å²) in [5.41, 5.74) is 11.0. The molecule has 4 rings (SSSR count). The molecule has 3 heterocycles. The van der Waals surface area contributed by atoms with E-state index in [4.69, 9.17) is 5.73 Å². The van der Waals surface area contributed by atoms with Gasteiger partial charge in [0, 0.05) is 18.7 Å². The lowest BCUT2D eigenvalue weighted by molar-refractivity contribution is 0.195. The molecule has 28 heavy (non-hydrogen) atoms. The quantitative estimate of drug-likeness (QED) is 0.633. The van der Waals surface area contributed by atoms with Crippen LogP contribution in [0.4, 0.5) is 11.6 Å². The Kier molecular flexibility index (Phi) is 4.56. The number of anilines is 2. The van der Waals surface area contributed by atoms with Gasteiger partial charge in [-0.2, -0.15) is 0 Å². The summed E-state index contributed by atoms with van der Waals surface area (Å²) < 4.78 is 1.98. The van der Waals surface area contributed by atoms with Gasteiger partial charge in [0.15, 0.2) is 0 Å². The second kappa shape index (κ2) is 6.92. The van der Waals surface area contributed by atoms with Gasteiger partial charge < -0.3 is 16.4 Å². The van der Waals surface area contributed by atoms with Crippen LogP contribution in [0, 0.1) is 13.8 Å². The van der Waals surface area contributed by atoms with E-state index in [1.165, 1.54) is 16.7 Å². The first-order valence-corrected chi connectivity index (χ1v) is 9.49. The Bertz CT molecular complexity index is 1030. The van der Waals surface area contributed by atoms with Gasteiger partial charge in [0.05, 0.1) is 6.20 Å². The molecule has 7 nitrogen and oxygen atoms in total. The lowest BCUT2D eigenvalue weighted by Gasteiger charge is -2.45. The fourth-order valence-corrected chi connectivity index (χ4v) is 4.12. The second-order valence-corrected chi connectivity index (χ2v) is 7.40. The molecule has 0 saturated heterocycles. The molecule has 0 bridgehead atoms. The number of aryl methyl sites for hydroxylation is 2. The van der Waals surface area contributed by atoms with Crippen molar-refractivity contribution in [3.05, 3.63) is 59.2 Å². The van der Waals surface area contributed by atoms with Crippen LogP contribution in [0.5, 0.6) is 0 Å². The van der Waals surface area contributed by atoms with Crippen LogP contribution < -0.4 is 16.4 Å². The van der Waals surface area contributed by atoms with Crippen LogP contribution >= 0.6 is 0 Å². The van der Waals surface area contributed by atoms with Gasteiger partial charge in [-0.15, -0.1) is 0 Å². The van der Waals surface area contributed by atoms with Gasteiger partial charge in [-0.05, 0) is 51.2 Å². The van der Waals surface area contributed by atoms with Gasteiger partial charge in [-0.1, -0.05) is 18.2 Å². The lowest BCUT2D eigenvalue weighted by atomic mass is 9.87. The largest absolute Gasteiger partial charge is 0.382 e. The molecule has 1 aromatic carbocycles. The number of imidazole rings is 1. The predicted octanol–water partition coefficient (Wildman–Crippen LogP) is 2.37. The van der Waals surface area contributed by atoms with Gasteiger partial charge in [-0.25, -0.2) is 9.97 Å². The van der Waals surface area contributed by atoms with E-state index in [1.807, 2.05) is 11.4 Å². The van der Waals surface area contributed by atoms with Crippen molar-refractivity contribution in [2.75, 3.05) is 38.2 Å². The van der Waals surface area contributed by atoms with Crippen LogP contribution in [0.15, 0.2) is 36.8 Å². The summed E-state index contributed by atoms with van der Waals surface area (Å²) in [6.45, 7) is 6.07. The Balaban J connectivity index is 1.93. The molecule has 146 valence electrons. The summed E-state index contributed by atoms with van der Waals surface area (Å²) in [6.07, 6.45) is 7.77. The van der Waals surface area contributed by atoms with E-state index in [0.29, 0.717) is 5.82 Å². The highest BCUT2D eigenvalue weighted by molar-refractivity contribution is 5.77. The number of likely N-dealkylation sites (N-methyl/N-ethyl adjacent to an activating group) is 2. The fourth-order valence-electron chi connectivity index (χ4n) is 4.12. The summed E-state index contributed by atoms with van der Waals surface area (Å²) in [5.74, 6) is 1.37. The number of nitrogens with one attached hydrogen (secondary N) is 2. The minimum atomic E-state index is -0.506. The molecule has 1 aliphatic rings. The first-order chi connectivity index (χ1) is 13.5. The highest BCUT2D eigenvalue weighted by Gasteiger charge is 2.39. The van der Waals surface area contributed by atoms with Crippen molar-refractivity contribution in [1.82, 2.24) is 24.6 Å². The first-order valence-electron chi connectivity index (χ1n) is 9.49. The number of nitrogens with zero attached hydrogens (tertiary/aromatic N) is 4. The van der Waals surface area contributed by atoms with E-state index in [9.17, 15) is 0 Å². The minimum absolute atomic E-state index is 0.478. The summed E-state index contributed by atoms with van der Waals surface area (Å²) in [7, 11) is 4.11. The number of hydrogen-bond donors (Lipinski definition) is 3. The van der Waals surface area contributed by atoms with E-state index in [1.54, 1.807) is 12.5 Å². The van der Waals surface area contributed by atoms with Crippen LogP contribution in [0.25, 0.3) is 11.6 Å². The van der Waals surface area contributed by atoms with Crippen molar-refractivity contribution in [2.45, 2.75) is 19.5 Å². The Labute approximate surface area is 165 Å². The maximum Gasteiger partial charge on any atom is 0.150 e. The standard InChI is InChI=1S/C21H27N7/c1-14-6-5-7-15(2)18(14)21(27(4)11-10-23-3)9-8-16-20(26-21)28-13-24-12-17(28)19(22)25-16/h5-9,12-13,23,26H,10-11H2,1-4H3,(H2,22,25). The SMILES string of the molecule is CNCCN(C)C1(c2c(C)cccc2C)C=Cc2nc(N)c3cncn3c2N1. The molecule has 2 aromatic heterocycles. The topological polar surface area (TPSA) is 83.5 Å². The summed E-state index contributed by atoms with van der Waals surface area (Å²) in [5, 5.41) is 7.04. The van der Waals surface area contributed by atoms with Crippen molar-refractivity contribution in [1.29, 1.82) is 0 Å². The number of nitrogens with two attached hydrogens (primary N) is 1. The Morgan fingerprint density at radius 2 is 2.04 bits per heavy atom. The summed E-state index contributed by atoms with van der Waals surface area (Å²) in [4.78, 5) is 11.2. The van der Waals surface area contributed by atoms with E-state index in [0.717, 1.165) is 30.1 Å². The molecule has 0 aliphatic carbocycles. The van der Waals surface area contributed by atoms with Crippen LogP contribution in [0.3, 0.4) is 0 Å². The Hall–Kier alpha value is -2.90. The van der Waals surface area contributed by atoms with Crippen LogP contribution in [0.1, 0.15) is 22.4 Å². The Morgan fingerprint density at radius 3 is 2.75 bits per heavy atom. The van der Waals surface area contributed by atoms with E-state index in [2.05, 4.69) is 76.7 Å². The molecule has 7 heteroatoms. The zero-order chi connectivity index (χ0) is 19.9. The Morgan fingerprint density at radius 1 is 1.29 bits per heavy atom. The maximum atomic E-state index is 6.12. The van der Waals surface area contributed by atoms with Crippen molar-refractivity contribution >= 4 is 23.2 Å². The van der Waals surface area contributed by atoms with E-state index in [-0.39, 0.29) is 0 Å². The van der Waals surface area contributed by atoms with Gasteiger partial charge in [0.2, 0.25) is 0 Å². The molecule has 4 N–H and O–H groups in total. The zero-order valence-electron chi connectivity index (χ0n) is 16.8. The molecule has 0 fully saturated rings. The zero-order valence-corrected chi connectivity index (χ0v) is 16.8. The van der Waals surface area contributed by atoms with Crippen molar-refractivity contribution in [2.24, 2.45) is 0 Å². The molecule has 1 atom stereocenters. The summed E-state index contributed by atoms with van der Waals surface area (Å²) in [6, 6.07) is 6.43. The van der Waals surface area contributed by atoms with Gasteiger partial charge in [0.1, 0.15) is 34.8 Å². The molecule has 0 amide bonds. The number of aromatic nitrogens is 3. The molecule has 0 saturated carbocycles. The molecule has 3 aromatic rings. The van der Waals surface area contributed by atoms with Crippen LogP contribution in [-0.4, -0.2) is 46.5 Å². The number of benzene rings is 1. The van der Waals surface area contributed by atoms with E-state index >= 15 is 0 Å². The van der Waals surface area contributed by atoms with Gasteiger partial charge in [-0.3, -0.25) is 9.30 Å². The number of hydrogen-bond acceptors (Lipinski definition) is 6. The predicted molar refractivity (Wildman–Crippen MR) is 114 cm³/mol. The number of fused-ring (bicyclic) bond motifs is 3. The highest BCUT2D eigenvalue weighted by Crippen LogP contribution is 2.40. The molecule has 1 unspecified atom stereocenters. The van der Waals surface area contributed by atoms with Gasteiger partial charge in [0.25, 0.3) is 0 Å². The van der Waals surface area contributed by atoms with Crippen LogP contribution in [-0.2, 0) is 5.66 Å². The van der Waals surface area contributed by atoms with Crippen LogP contribution in [0.2, 0.25) is 0 Å². The van der Waals surface area contributed by atoms with Gasteiger partial charge >= 0.3 is 0 Å². The third-order valence-corrected chi connectivity index (χ3v) is 5.58. The van der Waals surface area contributed by atoms with Crippen molar-refractivity contribution < 1.29 is 0 Å². The lowest BCUT2D eigenvalue weighted by Crippen LogP contribution is -2.52. The monoisotopic (exact) mass is 377 g/mol. The normalized spacial score (nSPS) is 18.5. The first kappa shape index (κ1) is 18.5. The smallest absolute Gasteiger partial charge is 0.150 e. The number of rotatable bonds is 5. The number of nitrogen functional groups attached to an aromatic ring is 1. The average molecular weight is 377 g/mol. The summed E-state index contributed by atoms with van der Waals surface area (Å²) >= 11 is 0. The van der Waals surface area contributed by atoms with Crippen molar-refractivity contribution in [3.63, 3.8) is 0 Å². The molecular weight excluding hydrogens is 350 g/mol. The second-order valence-electron chi connectivity index (χ2n) is 7.40. The molecule has 1 aliphatic heterocycles. The molecule has 0 radical (unpaired) electrons. The maximum absolute atomic E-state index is 6.12. The minimum Gasteiger partial charge on any atom is -0.382 e. The average Bonchev–Trinajstić information content (AvgIpc) is 3.17. The van der Waals surface area contributed by atoms with E-state index < -0.39 is 5.66 Å². The van der Waals surface area contributed by atoms with Crippen molar-refractivity contribution in [3.8, 4) is 0 Å². The third-order valence-electron chi connectivity index (χ3n) is 5.58. The fraction of sp³-hybridized carbons (Fsp3) is 0.333.